The molecule has 1 aliphatic rings. The fourth-order valence-electron chi connectivity index (χ4n) is 4.03. The number of aromatic nitrogens is 1. The number of hydrogen-bond acceptors (Lipinski definition) is 8. The number of likely N-dealkylation sites (N-methyl/N-ethyl adjacent to an activating group) is 1. The summed E-state index contributed by atoms with van der Waals surface area (Å²) in [6.07, 6.45) is 1.61. The first-order chi connectivity index (χ1) is 16.9. The zero-order valence-corrected chi connectivity index (χ0v) is 21.5. The Morgan fingerprint density at radius 1 is 1.14 bits per heavy atom. The quantitative estimate of drug-likeness (QED) is 0.541. The van der Waals surface area contributed by atoms with Gasteiger partial charge in [-0.25, -0.2) is 4.98 Å². The van der Waals surface area contributed by atoms with Gasteiger partial charge >= 0.3 is 0 Å². The Kier molecular flexibility index (Phi) is 9.50. The molecule has 1 amide bonds. The van der Waals surface area contributed by atoms with Crippen LogP contribution in [0.3, 0.4) is 0 Å². The van der Waals surface area contributed by atoms with Crippen molar-refractivity contribution in [1.29, 1.82) is 10.5 Å². The molecule has 3 N–H and O–H groups in total. The van der Waals surface area contributed by atoms with Crippen LogP contribution in [0.4, 0.5) is 5.82 Å². The largest absolute Gasteiger partial charge is 0.354 e. The van der Waals surface area contributed by atoms with Crippen LogP contribution in [0.5, 0.6) is 0 Å². The first kappa shape index (κ1) is 26.5. The maximum Gasteiger partial charge on any atom is 0.236 e. The second-order valence-corrected chi connectivity index (χ2v) is 9.77. The summed E-state index contributed by atoms with van der Waals surface area (Å²) in [5.74, 6) is 1.16. The molecule has 0 spiro atoms. The Bertz CT molecular complexity index is 1120. The number of hydrogen-bond donors (Lipinski definition) is 2. The number of carbonyl (C=O) groups is 1. The van der Waals surface area contributed by atoms with Crippen LogP contribution >= 0.6 is 11.8 Å². The predicted octanol–water partition coefficient (Wildman–Crippen LogP) is 2.78. The van der Waals surface area contributed by atoms with E-state index < -0.39 is 6.04 Å². The summed E-state index contributed by atoms with van der Waals surface area (Å²) in [5, 5.41) is 23.4. The van der Waals surface area contributed by atoms with E-state index in [1.807, 2.05) is 31.2 Å². The minimum Gasteiger partial charge on any atom is -0.354 e. The van der Waals surface area contributed by atoms with Gasteiger partial charge < -0.3 is 20.9 Å². The van der Waals surface area contributed by atoms with E-state index in [9.17, 15) is 15.3 Å². The zero-order chi connectivity index (χ0) is 25.4. The summed E-state index contributed by atoms with van der Waals surface area (Å²) >= 11 is 1.52. The average molecular weight is 492 g/mol. The van der Waals surface area contributed by atoms with E-state index in [0.29, 0.717) is 40.7 Å². The number of thioether (sulfide) groups is 1. The number of nitrogens with two attached hydrogens (primary N) is 1. The molecular weight excluding hydrogens is 458 g/mol. The molecule has 0 saturated carbocycles. The second kappa shape index (κ2) is 12.6. The van der Waals surface area contributed by atoms with Crippen molar-refractivity contribution in [2.75, 3.05) is 38.1 Å². The highest BCUT2D eigenvalue weighted by Gasteiger charge is 2.24. The van der Waals surface area contributed by atoms with Gasteiger partial charge in [0.2, 0.25) is 5.91 Å². The zero-order valence-electron chi connectivity index (χ0n) is 20.7. The maximum atomic E-state index is 11.7. The molecule has 1 atom stereocenters. The van der Waals surface area contributed by atoms with Crippen molar-refractivity contribution in [1.82, 2.24) is 15.2 Å². The summed E-state index contributed by atoms with van der Waals surface area (Å²) in [6.45, 7) is 7.63. The van der Waals surface area contributed by atoms with Gasteiger partial charge in [0.15, 0.2) is 0 Å². The third-order valence-corrected chi connectivity index (χ3v) is 7.17. The molecular formula is C26H33N7OS. The highest BCUT2D eigenvalue weighted by molar-refractivity contribution is 7.98. The Morgan fingerprint density at radius 3 is 2.46 bits per heavy atom. The molecule has 3 rings (SSSR count). The number of amides is 1. The lowest BCUT2D eigenvalue weighted by Gasteiger charge is -2.25. The summed E-state index contributed by atoms with van der Waals surface area (Å²) in [6, 6.07) is 12.1. The molecule has 0 radical (unpaired) electrons. The molecule has 1 saturated heterocycles. The second-order valence-electron chi connectivity index (χ2n) is 8.80. The molecule has 1 aromatic carbocycles. The van der Waals surface area contributed by atoms with Gasteiger partial charge in [-0.3, -0.25) is 4.79 Å². The number of pyridine rings is 1. The third kappa shape index (κ3) is 6.73. The van der Waals surface area contributed by atoms with Gasteiger partial charge in [-0.05, 0) is 50.0 Å². The van der Waals surface area contributed by atoms with Gasteiger partial charge in [0.1, 0.15) is 23.0 Å². The smallest absolute Gasteiger partial charge is 0.236 e. The Labute approximate surface area is 212 Å². The van der Waals surface area contributed by atoms with Crippen LogP contribution in [-0.4, -0.2) is 55.1 Å². The number of nitrogens with zero attached hydrogens (tertiary/aromatic N) is 5. The molecule has 0 aliphatic carbocycles. The normalized spacial score (nSPS) is 15.1. The van der Waals surface area contributed by atoms with E-state index in [4.69, 9.17) is 10.7 Å². The van der Waals surface area contributed by atoms with Gasteiger partial charge in [-0.2, -0.15) is 10.5 Å². The molecule has 2 heterocycles. The van der Waals surface area contributed by atoms with E-state index >= 15 is 0 Å². The van der Waals surface area contributed by atoms with Crippen LogP contribution in [0.25, 0.3) is 0 Å². The number of benzene rings is 1. The molecule has 1 fully saturated rings. The maximum absolute atomic E-state index is 11.7. The van der Waals surface area contributed by atoms with Crippen molar-refractivity contribution >= 4 is 23.5 Å². The Balaban J connectivity index is 1.81. The number of anilines is 1. The molecule has 1 aliphatic heterocycles. The Hall–Kier alpha value is -3.11. The third-order valence-electron chi connectivity index (χ3n) is 6.12. The number of rotatable bonds is 8. The van der Waals surface area contributed by atoms with Crippen LogP contribution in [0.1, 0.15) is 48.1 Å². The molecule has 1 aromatic heterocycles. The minimum absolute atomic E-state index is 0.181. The fourth-order valence-corrected chi connectivity index (χ4v) is 4.99. The van der Waals surface area contributed by atoms with E-state index in [-0.39, 0.29) is 5.91 Å². The minimum atomic E-state index is -0.534. The van der Waals surface area contributed by atoms with Crippen molar-refractivity contribution in [3.8, 4) is 12.1 Å². The van der Waals surface area contributed by atoms with Gasteiger partial charge in [-0.1, -0.05) is 31.2 Å². The summed E-state index contributed by atoms with van der Waals surface area (Å²) in [5.41, 5.74) is 9.47. The molecule has 2 aromatic rings. The molecule has 184 valence electrons. The van der Waals surface area contributed by atoms with Crippen molar-refractivity contribution in [2.45, 2.75) is 50.1 Å². The lowest BCUT2D eigenvalue weighted by Crippen LogP contribution is -2.37. The molecule has 0 bridgehead atoms. The first-order valence-corrected chi connectivity index (χ1v) is 12.9. The molecule has 8 nitrogen and oxygen atoms in total. The Morgan fingerprint density at radius 2 is 1.83 bits per heavy atom. The van der Waals surface area contributed by atoms with E-state index in [2.05, 4.69) is 34.3 Å². The van der Waals surface area contributed by atoms with E-state index in [0.717, 1.165) is 49.3 Å². The van der Waals surface area contributed by atoms with Crippen LogP contribution in [0, 0.1) is 22.7 Å². The van der Waals surface area contributed by atoms with Crippen LogP contribution in [-0.2, 0) is 23.5 Å². The lowest BCUT2D eigenvalue weighted by molar-refractivity contribution is -0.122. The lowest BCUT2D eigenvalue weighted by atomic mass is 10.0. The van der Waals surface area contributed by atoms with E-state index in [1.165, 1.54) is 11.8 Å². The average Bonchev–Trinajstić information content (AvgIpc) is 3.09. The van der Waals surface area contributed by atoms with Crippen molar-refractivity contribution in [3.05, 3.63) is 52.1 Å². The van der Waals surface area contributed by atoms with Crippen molar-refractivity contribution < 1.29 is 4.79 Å². The monoisotopic (exact) mass is 491 g/mol. The van der Waals surface area contributed by atoms with E-state index in [1.54, 1.807) is 6.92 Å². The highest BCUT2D eigenvalue weighted by atomic mass is 32.2. The molecule has 35 heavy (non-hydrogen) atoms. The summed E-state index contributed by atoms with van der Waals surface area (Å²) in [7, 11) is 2.11. The van der Waals surface area contributed by atoms with Gasteiger partial charge in [0, 0.05) is 31.9 Å². The van der Waals surface area contributed by atoms with Gasteiger partial charge in [0.25, 0.3) is 0 Å². The topological polar surface area (TPSA) is 122 Å². The van der Waals surface area contributed by atoms with Crippen LogP contribution in [0.2, 0.25) is 0 Å². The van der Waals surface area contributed by atoms with Crippen LogP contribution in [0.15, 0.2) is 29.3 Å². The fraction of sp³-hybridized carbons (Fsp3) is 0.462. The molecule has 1 unspecified atom stereocenters. The van der Waals surface area contributed by atoms with Crippen molar-refractivity contribution in [3.63, 3.8) is 0 Å². The highest BCUT2D eigenvalue weighted by Crippen LogP contribution is 2.33. The molecule has 9 heteroatoms. The standard InChI is InChI=1S/C26H33N7OS/c1-4-21-22(14-27)24(33-11-5-10-32(3)12-13-33)31-26(23(21)15-28)35-17-20-8-6-19(7-9-20)16-30-25(34)18(2)29/h6-9,18H,4-5,10-13,16-17,29H2,1-3H3,(H,30,34). The van der Waals surface area contributed by atoms with Gasteiger partial charge in [0.05, 0.1) is 17.2 Å². The SMILES string of the molecule is CCc1c(C#N)c(SCc2ccc(CNC(=O)C(C)N)cc2)nc(N2CCCN(C)CC2)c1C#N. The first-order valence-electron chi connectivity index (χ1n) is 11.9. The predicted molar refractivity (Wildman–Crippen MR) is 139 cm³/mol. The summed E-state index contributed by atoms with van der Waals surface area (Å²) < 4.78 is 0. The number of nitriles is 2. The number of nitrogens with one attached hydrogen (secondary N) is 1. The summed E-state index contributed by atoms with van der Waals surface area (Å²) in [4.78, 5) is 21.0. The number of carbonyl (C=O) groups excluding carboxylic acids is 1. The van der Waals surface area contributed by atoms with Gasteiger partial charge in [-0.15, -0.1) is 11.8 Å². The van der Waals surface area contributed by atoms with Crippen molar-refractivity contribution in [2.24, 2.45) is 5.73 Å². The van der Waals surface area contributed by atoms with Crippen LogP contribution < -0.4 is 16.0 Å².